The quantitative estimate of drug-likeness (QED) is 0.800. The van der Waals surface area contributed by atoms with E-state index in [0.29, 0.717) is 0 Å². The van der Waals surface area contributed by atoms with E-state index >= 15 is 0 Å². The molecular formula is C17H17ClO3. The smallest absolute Gasteiger partial charge is 0.127 e. The first-order chi connectivity index (χ1) is 10.2. The minimum Gasteiger partial charge on any atom is -0.496 e. The Morgan fingerprint density at radius 1 is 1.10 bits per heavy atom. The zero-order chi connectivity index (χ0) is 14.8. The molecule has 0 N–H and O–H groups in total. The number of rotatable bonds is 4. The van der Waals surface area contributed by atoms with Crippen LogP contribution in [-0.2, 0) is 6.42 Å². The average molecular weight is 305 g/mol. The van der Waals surface area contributed by atoms with Gasteiger partial charge in [-0.2, -0.15) is 0 Å². The maximum Gasteiger partial charge on any atom is 0.127 e. The van der Waals surface area contributed by atoms with Gasteiger partial charge in [0.15, 0.2) is 0 Å². The highest BCUT2D eigenvalue weighted by atomic mass is 35.5. The van der Waals surface area contributed by atoms with E-state index in [-0.39, 0.29) is 5.38 Å². The summed E-state index contributed by atoms with van der Waals surface area (Å²) >= 11 is 6.70. The molecule has 0 amide bonds. The van der Waals surface area contributed by atoms with Crippen molar-refractivity contribution in [2.75, 3.05) is 20.8 Å². The van der Waals surface area contributed by atoms with Crippen molar-refractivity contribution in [3.8, 4) is 17.2 Å². The predicted octanol–water partition coefficient (Wildman–Crippen LogP) is 3.97. The number of fused-ring (bicyclic) bond motifs is 1. The Kier molecular flexibility index (Phi) is 3.93. The molecule has 1 aliphatic heterocycles. The lowest BCUT2D eigenvalue weighted by atomic mass is 9.99. The van der Waals surface area contributed by atoms with E-state index < -0.39 is 0 Å². The summed E-state index contributed by atoms with van der Waals surface area (Å²) in [5, 5.41) is -0.331. The van der Waals surface area contributed by atoms with E-state index in [1.807, 2.05) is 30.3 Å². The molecule has 1 heterocycles. The zero-order valence-corrected chi connectivity index (χ0v) is 12.8. The molecule has 2 aromatic carbocycles. The van der Waals surface area contributed by atoms with Crippen LogP contribution >= 0.6 is 11.6 Å². The summed E-state index contributed by atoms with van der Waals surface area (Å²) in [6.07, 6.45) is 0.926. The van der Waals surface area contributed by atoms with Crippen molar-refractivity contribution < 1.29 is 14.2 Å². The molecule has 0 fully saturated rings. The van der Waals surface area contributed by atoms with Crippen molar-refractivity contribution in [1.82, 2.24) is 0 Å². The van der Waals surface area contributed by atoms with Gasteiger partial charge in [0.25, 0.3) is 0 Å². The van der Waals surface area contributed by atoms with Crippen LogP contribution in [0.15, 0.2) is 36.4 Å². The summed E-state index contributed by atoms with van der Waals surface area (Å²) in [7, 11) is 3.27. The molecule has 0 bridgehead atoms. The molecule has 2 aromatic rings. The van der Waals surface area contributed by atoms with Gasteiger partial charge in [-0.1, -0.05) is 18.2 Å². The van der Waals surface area contributed by atoms with Gasteiger partial charge in [0.1, 0.15) is 17.2 Å². The molecule has 1 atom stereocenters. The normalized spacial score (nSPS) is 14.2. The standard InChI is InChI=1S/C17H17ClO3/c1-19-14-4-3-5-15(20-2)16(14)17(18)12-6-7-13-11(10-12)8-9-21-13/h3-7,10,17H,8-9H2,1-2H3. The van der Waals surface area contributed by atoms with Gasteiger partial charge in [0.2, 0.25) is 0 Å². The first kappa shape index (κ1) is 14.1. The van der Waals surface area contributed by atoms with Crippen LogP contribution in [0.5, 0.6) is 17.2 Å². The Bertz CT molecular complexity index is 632. The van der Waals surface area contributed by atoms with Gasteiger partial charge in [-0.15, -0.1) is 11.6 Å². The van der Waals surface area contributed by atoms with E-state index in [1.54, 1.807) is 14.2 Å². The fourth-order valence-electron chi connectivity index (χ4n) is 2.66. The third-order valence-corrected chi connectivity index (χ3v) is 4.20. The van der Waals surface area contributed by atoms with Gasteiger partial charge in [-0.25, -0.2) is 0 Å². The molecule has 0 spiro atoms. The van der Waals surface area contributed by atoms with Crippen molar-refractivity contribution in [2.24, 2.45) is 0 Å². The summed E-state index contributed by atoms with van der Waals surface area (Å²) < 4.78 is 16.4. The molecule has 110 valence electrons. The number of alkyl halides is 1. The molecule has 3 nitrogen and oxygen atoms in total. The monoisotopic (exact) mass is 304 g/mol. The minimum absolute atomic E-state index is 0.331. The molecule has 21 heavy (non-hydrogen) atoms. The van der Waals surface area contributed by atoms with Gasteiger partial charge >= 0.3 is 0 Å². The van der Waals surface area contributed by atoms with Crippen LogP contribution in [-0.4, -0.2) is 20.8 Å². The number of ether oxygens (including phenoxy) is 3. The Morgan fingerprint density at radius 2 is 1.81 bits per heavy atom. The topological polar surface area (TPSA) is 27.7 Å². The molecule has 0 radical (unpaired) electrons. The molecular weight excluding hydrogens is 288 g/mol. The Morgan fingerprint density at radius 3 is 2.48 bits per heavy atom. The van der Waals surface area contributed by atoms with E-state index in [0.717, 1.165) is 41.4 Å². The van der Waals surface area contributed by atoms with Crippen molar-refractivity contribution in [3.05, 3.63) is 53.1 Å². The van der Waals surface area contributed by atoms with Crippen molar-refractivity contribution in [2.45, 2.75) is 11.8 Å². The Hall–Kier alpha value is -1.87. The highest BCUT2D eigenvalue weighted by molar-refractivity contribution is 6.23. The predicted molar refractivity (Wildman–Crippen MR) is 82.9 cm³/mol. The highest BCUT2D eigenvalue weighted by Gasteiger charge is 2.22. The van der Waals surface area contributed by atoms with Crippen LogP contribution < -0.4 is 14.2 Å². The number of hydrogen-bond donors (Lipinski definition) is 0. The van der Waals surface area contributed by atoms with Crippen LogP contribution in [0.2, 0.25) is 0 Å². The highest BCUT2D eigenvalue weighted by Crippen LogP contribution is 2.42. The summed E-state index contributed by atoms with van der Waals surface area (Å²) in [6.45, 7) is 0.740. The second-order valence-corrected chi connectivity index (χ2v) is 5.34. The van der Waals surface area contributed by atoms with E-state index in [2.05, 4.69) is 6.07 Å². The zero-order valence-electron chi connectivity index (χ0n) is 12.1. The third-order valence-electron chi connectivity index (χ3n) is 3.73. The van der Waals surface area contributed by atoms with Gasteiger partial charge in [0.05, 0.1) is 31.8 Å². The van der Waals surface area contributed by atoms with Crippen molar-refractivity contribution >= 4 is 11.6 Å². The lowest BCUT2D eigenvalue weighted by molar-refractivity contribution is 0.357. The van der Waals surface area contributed by atoms with Gasteiger partial charge < -0.3 is 14.2 Å². The molecule has 4 heteroatoms. The Balaban J connectivity index is 2.04. The lowest BCUT2D eigenvalue weighted by Crippen LogP contribution is -2.01. The molecule has 3 rings (SSSR count). The van der Waals surface area contributed by atoms with Crippen LogP contribution in [0.25, 0.3) is 0 Å². The number of hydrogen-bond acceptors (Lipinski definition) is 3. The molecule has 0 saturated heterocycles. The largest absolute Gasteiger partial charge is 0.496 e. The minimum atomic E-state index is -0.331. The van der Waals surface area contributed by atoms with E-state index in [1.165, 1.54) is 5.56 Å². The van der Waals surface area contributed by atoms with Crippen LogP contribution in [0.4, 0.5) is 0 Å². The molecule has 1 unspecified atom stereocenters. The summed E-state index contributed by atoms with van der Waals surface area (Å²) in [6, 6.07) is 11.8. The maximum absolute atomic E-state index is 6.70. The van der Waals surface area contributed by atoms with E-state index in [4.69, 9.17) is 25.8 Å². The van der Waals surface area contributed by atoms with Crippen molar-refractivity contribution in [1.29, 1.82) is 0 Å². The number of methoxy groups -OCH3 is 2. The van der Waals surface area contributed by atoms with Gasteiger partial charge in [-0.05, 0) is 29.3 Å². The molecule has 1 aliphatic rings. The second-order valence-electron chi connectivity index (χ2n) is 4.90. The van der Waals surface area contributed by atoms with Gasteiger partial charge in [-0.3, -0.25) is 0 Å². The molecule has 0 saturated carbocycles. The van der Waals surface area contributed by atoms with E-state index in [9.17, 15) is 0 Å². The maximum atomic E-state index is 6.70. The average Bonchev–Trinajstić information content (AvgIpc) is 3.00. The first-order valence-corrected chi connectivity index (χ1v) is 7.29. The third kappa shape index (κ3) is 2.54. The SMILES string of the molecule is COc1cccc(OC)c1C(Cl)c1ccc2c(c1)CCO2. The van der Waals surface area contributed by atoms with Gasteiger partial charge in [0, 0.05) is 6.42 Å². The first-order valence-electron chi connectivity index (χ1n) is 6.85. The van der Waals surface area contributed by atoms with Crippen LogP contribution in [0.3, 0.4) is 0 Å². The lowest BCUT2D eigenvalue weighted by Gasteiger charge is -2.18. The second kappa shape index (κ2) is 5.86. The van der Waals surface area contributed by atoms with Crippen LogP contribution in [0, 0.1) is 0 Å². The summed E-state index contributed by atoms with van der Waals surface area (Å²) in [5.41, 5.74) is 3.07. The fourth-order valence-corrected chi connectivity index (χ4v) is 3.01. The molecule has 0 aliphatic carbocycles. The fraction of sp³-hybridized carbons (Fsp3) is 0.294. The summed E-state index contributed by atoms with van der Waals surface area (Å²) in [4.78, 5) is 0. The molecule has 0 aromatic heterocycles. The van der Waals surface area contributed by atoms with Crippen LogP contribution in [0.1, 0.15) is 22.1 Å². The summed E-state index contributed by atoms with van der Waals surface area (Å²) in [5.74, 6) is 2.41. The Labute approximate surface area is 129 Å². The number of benzene rings is 2. The number of halogens is 1. The van der Waals surface area contributed by atoms with Crippen molar-refractivity contribution in [3.63, 3.8) is 0 Å².